The van der Waals surface area contributed by atoms with E-state index in [1.54, 1.807) is 6.92 Å². The van der Waals surface area contributed by atoms with E-state index < -0.39 is 28.8 Å². The normalized spacial score (nSPS) is 11.9. The Morgan fingerprint density at radius 1 is 1.13 bits per heavy atom. The molecule has 0 saturated heterocycles. The van der Waals surface area contributed by atoms with Gasteiger partial charge in [0.25, 0.3) is 0 Å². The Hall–Kier alpha value is -3.74. The van der Waals surface area contributed by atoms with Gasteiger partial charge in [0.05, 0.1) is 5.57 Å². The van der Waals surface area contributed by atoms with Gasteiger partial charge in [-0.1, -0.05) is 32.6 Å². The number of halogens is 2. The van der Waals surface area contributed by atoms with Crippen molar-refractivity contribution in [3.05, 3.63) is 82.1 Å². The van der Waals surface area contributed by atoms with Gasteiger partial charge < -0.3 is 14.6 Å². The Morgan fingerprint density at radius 2 is 1.80 bits per heavy atom. The third-order valence-electron chi connectivity index (χ3n) is 4.20. The summed E-state index contributed by atoms with van der Waals surface area (Å²) in [5.74, 6) is -4.04. The maximum Gasteiger partial charge on any atom is 0.336 e. The molecule has 2 N–H and O–H groups in total. The lowest BCUT2D eigenvalue weighted by Gasteiger charge is -2.18. The average molecular weight is 414 g/mol. The summed E-state index contributed by atoms with van der Waals surface area (Å²) in [6, 6.07) is 3.80. The second kappa shape index (κ2) is 9.17. The first-order valence-electron chi connectivity index (χ1n) is 9.10. The number of carbonyl (C=O) groups is 1. The first-order chi connectivity index (χ1) is 14.3. The summed E-state index contributed by atoms with van der Waals surface area (Å²) in [4.78, 5) is 23.5. The largest absolute Gasteiger partial charge is 0.505 e. The minimum Gasteiger partial charge on any atom is -0.505 e. The zero-order valence-electron chi connectivity index (χ0n) is 16.6. The molecule has 0 unspecified atom stereocenters. The van der Waals surface area contributed by atoms with Crippen LogP contribution in [0.5, 0.6) is 5.75 Å². The molecule has 0 fully saturated rings. The maximum atomic E-state index is 14.1. The molecule has 156 valence electrons. The zero-order chi connectivity index (χ0) is 22.6. The van der Waals surface area contributed by atoms with Crippen molar-refractivity contribution in [3.8, 4) is 17.1 Å². The highest BCUT2D eigenvalue weighted by Gasteiger charge is 2.25. The van der Waals surface area contributed by atoms with Gasteiger partial charge in [0.1, 0.15) is 11.3 Å². The van der Waals surface area contributed by atoms with Crippen molar-refractivity contribution in [2.24, 2.45) is 0 Å². The van der Waals surface area contributed by atoms with Crippen LogP contribution in [0, 0.1) is 11.6 Å². The lowest BCUT2D eigenvalue weighted by molar-refractivity contribution is -0.132. The summed E-state index contributed by atoms with van der Waals surface area (Å²) in [5.41, 5.74) is -0.733. The number of carboxylic acids is 1. The third kappa shape index (κ3) is 4.00. The first-order valence-corrected chi connectivity index (χ1v) is 9.10. The Morgan fingerprint density at radius 3 is 2.37 bits per heavy atom. The molecule has 1 aromatic rings. The van der Waals surface area contributed by atoms with E-state index in [1.165, 1.54) is 18.2 Å². The molecule has 1 aliphatic heterocycles. The van der Waals surface area contributed by atoms with Gasteiger partial charge in [-0.2, -0.15) is 0 Å². The van der Waals surface area contributed by atoms with Crippen LogP contribution in [0.15, 0.2) is 63.9 Å². The highest BCUT2D eigenvalue weighted by molar-refractivity contribution is 6.12. The smallest absolute Gasteiger partial charge is 0.336 e. The van der Waals surface area contributed by atoms with E-state index in [9.17, 15) is 28.6 Å². The molecular formula is C23H20F2O5. The van der Waals surface area contributed by atoms with Gasteiger partial charge in [-0.05, 0) is 30.7 Å². The standard InChI is InChI=1S/C21H14F2O5.C2H6/c1-3-5-11(21(26)27)10(4-2)20-12-6-14(22)16(24)8-18(12)28-19-9-17(25)15(23)7-13(19)20;1-2/h3-9,24H,1H2,2H3,(H,26,27);1-2H3/b10-4+,11-5+;. The number of benzene rings is 2. The second-order valence-corrected chi connectivity index (χ2v) is 5.88. The first kappa shape index (κ1) is 22.5. The van der Waals surface area contributed by atoms with Gasteiger partial charge >= 0.3 is 5.97 Å². The number of aromatic hydroxyl groups is 1. The highest BCUT2D eigenvalue weighted by Crippen LogP contribution is 2.41. The van der Waals surface area contributed by atoms with Gasteiger partial charge in [0, 0.05) is 28.6 Å². The zero-order valence-corrected chi connectivity index (χ0v) is 16.6. The molecule has 30 heavy (non-hydrogen) atoms. The number of phenols is 1. The van der Waals surface area contributed by atoms with Crippen molar-refractivity contribution in [1.82, 2.24) is 0 Å². The van der Waals surface area contributed by atoms with Gasteiger partial charge in [0.15, 0.2) is 17.4 Å². The third-order valence-corrected chi connectivity index (χ3v) is 4.20. The number of allylic oxidation sites excluding steroid dienone is 3. The molecule has 3 rings (SSSR count). The molecule has 5 nitrogen and oxygen atoms in total. The lowest BCUT2D eigenvalue weighted by Crippen LogP contribution is -2.09. The predicted octanol–water partition coefficient (Wildman–Crippen LogP) is 5.51. The Kier molecular flexibility index (Phi) is 6.89. The molecule has 0 spiro atoms. The Balaban J connectivity index is 0.00000155. The average Bonchev–Trinajstić information content (AvgIpc) is 2.71. The number of carboxylic acid groups (broad SMARTS) is 1. The number of hydrogen-bond acceptors (Lipinski definition) is 4. The van der Waals surface area contributed by atoms with Crippen LogP contribution in [0.4, 0.5) is 8.78 Å². The van der Waals surface area contributed by atoms with Crippen LogP contribution < -0.4 is 5.43 Å². The number of hydrogen-bond donors (Lipinski definition) is 2. The topological polar surface area (TPSA) is 87.7 Å². The van der Waals surface area contributed by atoms with Crippen molar-refractivity contribution in [1.29, 1.82) is 0 Å². The molecule has 0 atom stereocenters. The van der Waals surface area contributed by atoms with E-state index in [1.807, 2.05) is 13.8 Å². The van der Waals surface area contributed by atoms with E-state index >= 15 is 0 Å². The SMILES string of the molecule is C=C/C=C(C(=O)O)\C(=C/C)c1c2cc(F)c(=O)cc-2oc2cc(O)c(F)cc12.CC. The van der Waals surface area contributed by atoms with Crippen molar-refractivity contribution in [3.63, 3.8) is 0 Å². The summed E-state index contributed by atoms with van der Waals surface area (Å²) in [7, 11) is 0. The van der Waals surface area contributed by atoms with Crippen LogP contribution in [-0.4, -0.2) is 16.2 Å². The van der Waals surface area contributed by atoms with Crippen LogP contribution >= 0.6 is 0 Å². The lowest BCUT2D eigenvalue weighted by atomic mass is 9.89. The van der Waals surface area contributed by atoms with E-state index in [4.69, 9.17) is 4.42 Å². The Bertz CT molecular complexity index is 1220. The quantitative estimate of drug-likeness (QED) is 0.334. The van der Waals surface area contributed by atoms with Crippen molar-refractivity contribution in [2.45, 2.75) is 20.8 Å². The molecule has 1 aliphatic carbocycles. The highest BCUT2D eigenvalue weighted by atomic mass is 19.1. The molecule has 0 saturated carbocycles. The summed E-state index contributed by atoms with van der Waals surface area (Å²) in [6.07, 6.45) is 3.98. The number of rotatable bonds is 4. The molecule has 0 amide bonds. The number of aliphatic carboxylic acids is 1. The molecule has 7 heteroatoms. The van der Waals surface area contributed by atoms with Crippen LogP contribution in [0.3, 0.4) is 0 Å². The van der Waals surface area contributed by atoms with Gasteiger partial charge in [-0.3, -0.25) is 4.79 Å². The predicted molar refractivity (Wildman–Crippen MR) is 112 cm³/mol. The molecule has 1 aromatic carbocycles. The van der Waals surface area contributed by atoms with Crippen LogP contribution in [0.2, 0.25) is 0 Å². The monoisotopic (exact) mass is 414 g/mol. The molecule has 0 bridgehead atoms. The molecule has 2 aliphatic rings. The van der Waals surface area contributed by atoms with E-state index in [0.717, 1.165) is 24.3 Å². The molecule has 0 radical (unpaired) electrons. The van der Waals surface area contributed by atoms with Crippen LogP contribution in [0.25, 0.3) is 27.9 Å². The maximum absolute atomic E-state index is 14.1. The minimum atomic E-state index is -1.28. The minimum absolute atomic E-state index is 0.00454. The van der Waals surface area contributed by atoms with Crippen molar-refractivity contribution in [2.75, 3.05) is 0 Å². The van der Waals surface area contributed by atoms with E-state index in [-0.39, 0.29) is 39.0 Å². The fourth-order valence-corrected chi connectivity index (χ4v) is 3.02. The number of fused-ring (bicyclic) bond motifs is 2. The summed E-state index contributed by atoms with van der Waals surface area (Å²) >= 11 is 0. The number of phenolic OH excluding ortho intramolecular Hbond substituents is 1. The van der Waals surface area contributed by atoms with Crippen molar-refractivity contribution < 1.29 is 28.2 Å². The Labute approximate surface area is 171 Å². The molecule has 0 aromatic heterocycles. The van der Waals surface area contributed by atoms with Gasteiger partial charge in [-0.25, -0.2) is 13.6 Å². The van der Waals surface area contributed by atoms with Gasteiger partial charge in [-0.15, -0.1) is 0 Å². The van der Waals surface area contributed by atoms with Crippen LogP contribution in [0.1, 0.15) is 26.3 Å². The summed E-state index contributed by atoms with van der Waals surface area (Å²) < 4.78 is 33.6. The fourth-order valence-electron chi connectivity index (χ4n) is 3.02. The van der Waals surface area contributed by atoms with Gasteiger partial charge in [0.2, 0.25) is 5.43 Å². The van der Waals surface area contributed by atoms with Crippen molar-refractivity contribution >= 4 is 22.5 Å². The van der Waals surface area contributed by atoms with E-state index in [0.29, 0.717) is 0 Å². The molecular weight excluding hydrogens is 394 g/mol. The fraction of sp³-hybridized carbons (Fsp3) is 0.130. The summed E-state index contributed by atoms with van der Waals surface area (Å²) in [5, 5.41) is 19.4. The molecule has 1 heterocycles. The summed E-state index contributed by atoms with van der Waals surface area (Å²) in [6.45, 7) is 9.05. The van der Waals surface area contributed by atoms with E-state index in [2.05, 4.69) is 6.58 Å². The van der Waals surface area contributed by atoms with Crippen LogP contribution in [-0.2, 0) is 4.79 Å². The second-order valence-electron chi connectivity index (χ2n) is 5.88.